The van der Waals surface area contributed by atoms with Crippen LogP contribution in [0.3, 0.4) is 0 Å². The van der Waals surface area contributed by atoms with Crippen LogP contribution in [0.2, 0.25) is 0 Å². The Morgan fingerprint density at radius 2 is 1.15 bits per heavy atom. The third kappa shape index (κ3) is 4.48. The van der Waals surface area contributed by atoms with E-state index in [1.807, 2.05) is 0 Å². The lowest BCUT2D eigenvalue weighted by Crippen LogP contribution is -2.30. The van der Waals surface area contributed by atoms with E-state index in [0.717, 1.165) is 11.4 Å². The van der Waals surface area contributed by atoms with Gasteiger partial charge in [-0.2, -0.15) is 0 Å². The molecule has 0 amide bonds. The van der Waals surface area contributed by atoms with E-state index >= 15 is 0 Å². The third-order valence-corrected chi connectivity index (χ3v) is 8.23. The van der Waals surface area contributed by atoms with E-state index in [0.29, 0.717) is 0 Å². The monoisotopic (exact) mass is 528 g/mol. The number of anilines is 5. The molecule has 0 bridgehead atoms. The molecular weight excluding hydrogens is 496 g/mol. The molecule has 7 rings (SSSR count). The molecule has 1 aliphatic rings. The average Bonchev–Trinajstić information content (AvgIpc) is 3.02. The van der Waals surface area contributed by atoms with Gasteiger partial charge in [-0.05, 0) is 88.1 Å². The van der Waals surface area contributed by atoms with Crippen molar-refractivity contribution in [2.45, 2.75) is 19.3 Å². The van der Waals surface area contributed by atoms with Gasteiger partial charge in [-0.1, -0.05) is 105 Å². The molecule has 2 heteroatoms. The van der Waals surface area contributed by atoms with Crippen molar-refractivity contribution >= 4 is 45.3 Å². The van der Waals surface area contributed by atoms with Gasteiger partial charge in [0, 0.05) is 28.7 Å². The van der Waals surface area contributed by atoms with Crippen molar-refractivity contribution < 1.29 is 0 Å². The average molecular weight is 529 g/mol. The molecule has 0 spiro atoms. The molecule has 1 aliphatic heterocycles. The van der Waals surface area contributed by atoms with Crippen molar-refractivity contribution in [2.24, 2.45) is 0 Å². The molecule has 0 saturated heterocycles. The second kappa shape index (κ2) is 10.1. The van der Waals surface area contributed by atoms with Crippen molar-refractivity contribution in [3.63, 3.8) is 0 Å². The zero-order valence-corrected chi connectivity index (χ0v) is 23.4. The fourth-order valence-corrected chi connectivity index (χ4v) is 6.08. The van der Waals surface area contributed by atoms with Crippen molar-refractivity contribution in [1.29, 1.82) is 0 Å². The van der Waals surface area contributed by atoms with Gasteiger partial charge in [-0.25, -0.2) is 0 Å². The summed E-state index contributed by atoms with van der Waals surface area (Å²) < 4.78 is 0. The highest BCUT2D eigenvalue weighted by molar-refractivity contribution is 5.92. The first-order chi connectivity index (χ1) is 20.1. The van der Waals surface area contributed by atoms with Gasteiger partial charge < -0.3 is 9.80 Å². The van der Waals surface area contributed by atoms with Gasteiger partial charge in [0.1, 0.15) is 0 Å². The highest BCUT2D eigenvalue weighted by Gasteiger charge is 2.36. The maximum absolute atomic E-state index is 2.43. The molecule has 0 radical (unpaired) electrons. The molecular formula is C39H32N2. The molecule has 0 atom stereocenters. The van der Waals surface area contributed by atoms with Crippen LogP contribution in [0.15, 0.2) is 152 Å². The van der Waals surface area contributed by atoms with Crippen LogP contribution in [0.25, 0.3) is 16.8 Å². The molecule has 0 aliphatic carbocycles. The maximum atomic E-state index is 2.43. The first-order valence-corrected chi connectivity index (χ1v) is 14.2. The molecule has 0 N–H and O–H groups in total. The van der Waals surface area contributed by atoms with Crippen LogP contribution in [0, 0.1) is 0 Å². The molecule has 1 heterocycles. The minimum Gasteiger partial charge on any atom is -0.317 e. The van der Waals surface area contributed by atoms with Crippen LogP contribution >= 0.6 is 0 Å². The van der Waals surface area contributed by atoms with Crippen LogP contribution in [-0.2, 0) is 5.41 Å². The first-order valence-electron chi connectivity index (χ1n) is 14.2. The van der Waals surface area contributed by atoms with Crippen LogP contribution < -0.4 is 9.80 Å². The van der Waals surface area contributed by atoms with E-state index in [1.54, 1.807) is 0 Å². The lowest BCUT2D eigenvalue weighted by atomic mass is 9.73. The van der Waals surface area contributed by atoms with E-state index in [9.17, 15) is 0 Å². The van der Waals surface area contributed by atoms with Crippen molar-refractivity contribution in [1.82, 2.24) is 0 Å². The van der Waals surface area contributed by atoms with Gasteiger partial charge >= 0.3 is 0 Å². The van der Waals surface area contributed by atoms with E-state index in [-0.39, 0.29) is 5.41 Å². The van der Waals surface area contributed by atoms with E-state index in [1.165, 1.54) is 44.5 Å². The highest BCUT2D eigenvalue weighted by Crippen LogP contribution is 2.52. The Morgan fingerprint density at radius 1 is 0.537 bits per heavy atom. The second-order valence-electron chi connectivity index (χ2n) is 11.1. The van der Waals surface area contributed by atoms with Gasteiger partial charge in [-0.15, -0.1) is 0 Å². The summed E-state index contributed by atoms with van der Waals surface area (Å²) in [6.45, 7) is 4.69. The van der Waals surface area contributed by atoms with Gasteiger partial charge in [0.15, 0.2) is 0 Å². The third-order valence-electron chi connectivity index (χ3n) is 8.23. The summed E-state index contributed by atoms with van der Waals surface area (Å²) in [6.07, 6.45) is 4.40. The Hall–Kier alpha value is -5.08. The molecule has 0 unspecified atom stereocenters. The Labute approximate surface area is 242 Å². The van der Waals surface area contributed by atoms with Crippen molar-refractivity contribution in [3.8, 4) is 0 Å². The molecule has 0 saturated carbocycles. The number of benzene rings is 6. The van der Waals surface area contributed by atoms with Crippen LogP contribution in [0.5, 0.6) is 0 Å². The molecule has 0 fully saturated rings. The standard InChI is InChI=1S/C39H32N2/c1-39(2)35-19-11-12-20-37(35)41(34-23-22-30-13-9-10-14-31(30)28-34)38-24-21-29(27-36(38)39)25-26-40(32-15-5-3-6-16-32)33-17-7-4-8-18-33/h3-28H,1-2H3/b26-25+. The number of nitrogens with zero attached hydrogens (tertiary/aromatic N) is 2. The minimum absolute atomic E-state index is 0.151. The summed E-state index contributed by atoms with van der Waals surface area (Å²) in [5.41, 5.74) is 9.57. The quantitative estimate of drug-likeness (QED) is 0.220. The van der Waals surface area contributed by atoms with Crippen molar-refractivity contribution in [2.75, 3.05) is 9.80 Å². The zero-order chi connectivity index (χ0) is 27.8. The van der Waals surface area contributed by atoms with Gasteiger partial charge in [0.05, 0.1) is 11.4 Å². The number of fused-ring (bicyclic) bond motifs is 3. The number of hydrogen-bond donors (Lipinski definition) is 0. The smallest absolute Gasteiger partial charge is 0.0503 e. The number of rotatable bonds is 5. The zero-order valence-electron chi connectivity index (χ0n) is 23.4. The minimum atomic E-state index is -0.151. The second-order valence-corrected chi connectivity index (χ2v) is 11.1. The fourth-order valence-electron chi connectivity index (χ4n) is 6.08. The topological polar surface area (TPSA) is 6.48 Å². The van der Waals surface area contributed by atoms with Gasteiger partial charge in [0.2, 0.25) is 0 Å². The Kier molecular flexibility index (Phi) is 6.17. The largest absolute Gasteiger partial charge is 0.317 e. The SMILES string of the molecule is CC1(C)c2ccccc2N(c2ccc3ccccc3c2)c2ccc(/C=C/N(c3ccccc3)c3ccccc3)cc21. The summed E-state index contributed by atoms with van der Waals surface area (Å²) in [6, 6.07) is 52.1. The molecule has 198 valence electrons. The van der Waals surface area contributed by atoms with Crippen molar-refractivity contribution in [3.05, 3.63) is 168 Å². The lowest BCUT2D eigenvalue weighted by Gasteiger charge is -2.42. The van der Waals surface area contributed by atoms with Crippen LogP contribution in [-0.4, -0.2) is 0 Å². The van der Waals surface area contributed by atoms with Gasteiger partial charge in [0.25, 0.3) is 0 Å². The first kappa shape index (κ1) is 24.9. The Morgan fingerprint density at radius 3 is 1.88 bits per heavy atom. The van der Waals surface area contributed by atoms with Crippen LogP contribution in [0.1, 0.15) is 30.5 Å². The maximum Gasteiger partial charge on any atom is 0.0503 e. The summed E-state index contributed by atoms with van der Waals surface area (Å²) in [5.74, 6) is 0. The summed E-state index contributed by atoms with van der Waals surface area (Å²) in [5, 5.41) is 2.50. The number of para-hydroxylation sites is 3. The molecule has 41 heavy (non-hydrogen) atoms. The normalized spacial score (nSPS) is 13.7. The molecule has 6 aromatic rings. The van der Waals surface area contributed by atoms with E-state index in [2.05, 4.69) is 182 Å². The van der Waals surface area contributed by atoms with E-state index < -0.39 is 0 Å². The number of hydrogen-bond acceptors (Lipinski definition) is 2. The van der Waals surface area contributed by atoms with Gasteiger partial charge in [-0.3, -0.25) is 0 Å². The molecule has 2 nitrogen and oxygen atoms in total. The molecule has 6 aromatic carbocycles. The van der Waals surface area contributed by atoms with E-state index in [4.69, 9.17) is 0 Å². The summed E-state index contributed by atoms with van der Waals surface area (Å²) in [4.78, 5) is 4.66. The Balaban J connectivity index is 1.34. The predicted octanol–water partition coefficient (Wildman–Crippen LogP) is 10.8. The highest BCUT2D eigenvalue weighted by atomic mass is 15.2. The van der Waals surface area contributed by atoms with Crippen LogP contribution in [0.4, 0.5) is 28.4 Å². The fraction of sp³-hybridized carbons (Fsp3) is 0.0769. The Bertz CT molecular complexity index is 1830. The summed E-state index contributed by atoms with van der Waals surface area (Å²) >= 11 is 0. The summed E-state index contributed by atoms with van der Waals surface area (Å²) in [7, 11) is 0. The predicted molar refractivity (Wildman–Crippen MR) is 175 cm³/mol. The lowest BCUT2D eigenvalue weighted by molar-refractivity contribution is 0.632. The molecule has 0 aromatic heterocycles.